The van der Waals surface area contributed by atoms with Crippen LogP contribution in [0.25, 0.3) is 21.5 Å². The molecule has 0 aliphatic carbocycles. The number of hydrogen-bond donors (Lipinski definition) is 0. The predicted molar refractivity (Wildman–Crippen MR) is 141 cm³/mol. The molecule has 37 heavy (non-hydrogen) atoms. The van der Waals surface area contributed by atoms with Crippen LogP contribution in [0.15, 0.2) is 70.5 Å². The third-order valence-electron chi connectivity index (χ3n) is 5.16. The predicted octanol–water partition coefficient (Wildman–Crippen LogP) is -0.0439. The van der Waals surface area contributed by atoms with Crippen LogP contribution in [0.4, 0.5) is 0 Å². The number of aromatic nitrogens is 2. The molecular formula is C28H23BrMgN2O5. The Labute approximate surface area is 241 Å². The average molecular weight is 572 g/mol. The van der Waals surface area contributed by atoms with Gasteiger partial charge in [-0.15, -0.1) is 6.42 Å². The fourth-order valence-electron chi connectivity index (χ4n) is 3.48. The maximum absolute atomic E-state index is 12.0. The monoisotopic (exact) mass is 570 g/mol. The molecule has 1 atom stereocenters. The number of ether oxygens (including phenoxy) is 1. The molecule has 2 aromatic carbocycles. The number of aldehydes is 1. The van der Waals surface area contributed by atoms with E-state index in [0.29, 0.717) is 32.7 Å². The number of fused-ring (bicyclic) bond motifs is 2. The van der Waals surface area contributed by atoms with Crippen molar-refractivity contribution in [3.05, 3.63) is 99.2 Å². The van der Waals surface area contributed by atoms with Crippen LogP contribution in [0.2, 0.25) is 0 Å². The standard InChI is InChI=1S/C15H13NO3.C11H9NO2.C2H.BrH.Mg/c1-4-14(19-10(2)17)12-6-5-7-13-11(12)8-9-16(3)15(13)18;1-12-6-5-9-8(7-13)3-2-4-10(9)11(12)14;1-2;;/h1,5-9,14H,2-3H3;2-7H,1H3;1H;1H;/q;;-1;;+2/p-1. The molecule has 2 heterocycles. The van der Waals surface area contributed by atoms with Gasteiger partial charge in [0.15, 0.2) is 12.4 Å². The summed E-state index contributed by atoms with van der Waals surface area (Å²) in [7, 11) is 3.37. The summed E-state index contributed by atoms with van der Waals surface area (Å²) in [5, 5.41) is 2.55. The number of esters is 1. The second-order valence-electron chi connectivity index (χ2n) is 7.35. The van der Waals surface area contributed by atoms with Gasteiger partial charge in [-0.25, -0.2) is 0 Å². The summed E-state index contributed by atoms with van der Waals surface area (Å²) in [4.78, 5) is 45.4. The zero-order chi connectivity index (χ0) is 26.1. The smallest absolute Gasteiger partial charge is 1.00 e. The second kappa shape index (κ2) is 15.5. The summed E-state index contributed by atoms with van der Waals surface area (Å²) in [5.74, 6) is 1.97. The Morgan fingerprint density at radius 2 is 1.41 bits per heavy atom. The van der Waals surface area contributed by atoms with E-state index in [9.17, 15) is 19.2 Å². The van der Waals surface area contributed by atoms with Crippen LogP contribution in [-0.4, -0.2) is 44.4 Å². The van der Waals surface area contributed by atoms with E-state index in [1.165, 1.54) is 16.1 Å². The molecule has 0 fully saturated rings. The molecule has 0 saturated carbocycles. The van der Waals surface area contributed by atoms with Crippen molar-refractivity contribution in [3.63, 3.8) is 0 Å². The van der Waals surface area contributed by atoms with Gasteiger partial charge in [0.25, 0.3) is 11.1 Å². The van der Waals surface area contributed by atoms with Crippen LogP contribution in [0.5, 0.6) is 0 Å². The molecule has 2 aromatic heterocycles. The number of hydrogen-bond acceptors (Lipinski definition) is 5. The number of aryl methyl sites for hydroxylation is 2. The van der Waals surface area contributed by atoms with Gasteiger partial charge in [0.1, 0.15) is 0 Å². The van der Waals surface area contributed by atoms with Gasteiger partial charge in [-0.2, -0.15) is 0 Å². The van der Waals surface area contributed by atoms with Crippen molar-refractivity contribution in [3.8, 4) is 18.8 Å². The molecule has 0 bridgehead atoms. The van der Waals surface area contributed by atoms with Crippen molar-refractivity contribution >= 4 is 56.9 Å². The minimum absolute atomic E-state index is 0. The fourth-order valence-corrected chi connectivity index (χ4v) is 3.48. The molecule has 7 nitrogen and oxygen atoms in total. The summed E-state index contributed by atoms with van der Waals surface area (Å²) < 4.78 is 8.07. The van der Waals surface area contributed by atoms with Crippen LogP contribution in [-0.2, 0) is 23.6 Å². The van der Waals surface area contributed by atoms with E-state index >= 15 is 0 Å². The van der Waals surface area contributed by atoms with Crippen molar-refractivity contribution in [1.29, 1.82) is 0 Å². The quantitative estimate of drug-likeness (QED) is 0.113. The van der Waals surface area contributed by atoms with Crippen molar-refractivity contribution in [2.24, 2.45) is 14.1 Å². The summed E-state index contributed by atoms with van der Waals surface area (Å²) in [6.45, 7) is 1.30. The van der Waals surface area contributed by atoms with Gasteiger partial charge in [0.05, 0.1) is 0 Å². The summed E-state index contributed by atoms with van der Waals surface area (Å²) in [6, 6.07) is 13.9. The normalized spacial score (nSPS) is 10.1. The third kappa shape index (κ3) is 7.67. The summed E-state index contributed by atoms with van der Waals surface area (Å²) >= 11 is 0. The Morgan fingerprint density at radius 1 is 0.919 bits per heavy atom. The molecule has 0 spiro atoms. The molecule has 4 rings (SSSR count). The SMILES string of the molecule is C#CC(OC(C)=O)c1cccc2c(=O)n(C)ccc12.Cn1ccc2c(C=O)cccc2c1=O.[Br-].[C-]#C.[Mg+2]. The molecule has 0 radical (unpaired) electrons. The van der Waals surface area contributed by atoms with E-state index in [1.54, 1.807) is 75.0 Å². The maximum atomic E-state index is 12.0. The Morgan fingerprint density at radius 3 is 1.89 bits per heavy atom. The number of carbonyl (C=O) groups is 2. The van der Waals surface area contributed by atoms with E-state index in [4.69, 9.17) is 17.6 Å². The van der Waals surface area contributed by atoms with Crippen LogP contribution in [0, 0.1) is 25.2 Å². The first-order valence-electron chi connectivity index (χ1n) is 10.3. The van der Waals surface area contributed by atoms with Gasteiger partial charge in [0, 0.05) is 55.3 Å². The number of pyridine rings is 2. The number of rotatable bonds is 3. The molecular weight excluding hydrogens is 549 g/mol. The Balaban J connectivity index is 0.000000645. The van der Waals surface area contributed by atoms with Gasteiger partial charge < -0.3 is 43.7 Å². The molecule has 0 N–H and O–H groups in total. The minimum atomic E-state index is -0.784. The van der Waals surface area contributed by atoms with Crippen LogP contribution in [0.1, 0.15) is 28.9 Å². The van der Waals surface area contributed by atoms with Crippen LogP contribution in [0.3, 0.4) is 0 Å². The van der Waals surface area contributed by atoms with Gasteiger partial charge in [-0.3, -0.25) is 19.2 Å². The number of benzene rings is 2. The molecule has 0 saturated heterocycles. The topological polar surface area (TPSA) is 87.4 Å². The van der Waals surface area contributed by atoms with Crippen molar-refractivity contribution in [1.82, 2.24) is 9.13 Å². The Bertz CT molecular complexity index is 1580. The van der Waals surface area contributed by atoms with E-state index in [2.05, 4.69) is 12.3 Å². The van der Waals surface area contributed by atoms with Crippen LogP contribution < -0.4 is 28.1 Å². The molecule has 0 aliphatic heterocycles. The summed E-state index contributed by atoms with van der Waals surface area (Å²) in [5.41, 5.74) is 1.01. The van der Waals surface area contributed by atoms with Crippen LogP contribution >= 0.6 is 0 Å². The molecule has 0 aliphatic rings. The van der Waals surface area contributed by atoms with Crippen molar-refractivity contribution in [2.75, 3.05) is 0 Å². The second-order valence-corrected chi connectivity index (χ2v) is 7.35. The summed E-state index contributed by atoms with van der Waals surface area (Å²) in [6.07, 6.45) is 17.7. The zero-order valence-corrected chi connectivity index (χ0v) is 23.6. The van der Waals surface area contributed by atoms with E-state index in [0.717, 1.165) is 6.29 Å². The minimum Gasteiger partial charge on any atom is -1.00 e. The largest absolute Gasteiger partial charge is 2.00 e. The number of terminal acetylenes is 2. The molecule has 184 valence electrons. The third-order valence-corrected chi connectivity index (χ3v) is 5.16. The zero-order valence-electron chi connectivity index (χ0n) is 20.6. The van der Waals surface area contributed by atoms with Gasteiger partial charge in [-0.1, -0.05) is 30.2 Å². The van der Waals surface area contributed by atoms with Crippen molar-refractivity contribution < 1.29 is 31.3 Å². The van der Waals surface area contributed by atoms with E-state index in [-0.39, 0.29) is 51.2 Å². The number of carbonyl (C=O) groups excluding carboxylic acids is 2. The van der Waals surface area contributed by atoms with Crippen molar-refractivity contribution in [2.45, 2.75) is 13.0 Å². The average Bonchev–Trinajstić information content (AvgIpc) is 2.88. The number of halogens is 1. The first-order valence-corrected chi connectivity index (χ1v) is 10.3. The Hall–Kier alpha value is -3.63. The first kappa shape index (κ1) is 33.4. The number of nitrogens with zero attached hydrogens (tertiary/aromatic N) is 2. The first-order chi connectivity index (χ1) is 16.8. The molecule has 1 unspecified atom stereocenters. The van der Waals surface area contributed by atoms with Gasteiger partial charge >= 0.3 is 29.0 Å². The molecule has 4 aromatic rings. The van der Waals surface area contributed by atoms with E-state index in [1.807, 2.05) is 0 Å². The molecule has 0 amide bonds. The van der Waals surface area contributed by atoms with Gasteiger partial charge in [0.2, 0.25) is 0 Å². The fraction of sp³-hybridized carbons (Fsp3) is 0.143. The van der Waals surface area contributed by atoms with Gasteiger partial charge in [-0.05, 0) is 35.0 Å². The van der Waals surface area contributed by atoms with E-state index < -0.39 is 12.1 Å². The maximum Gasteiger partial charge on any atom is 2.00 e. The molecule has 9 heteroatoms. The Kier molecular flexibility index (Phi) is 14.0.